The van der Waals surface area contributed by atoms with Crippen molar-refractivity contribution < 1.29 is 0 Å². The van der Waals surface area contributed by atoms with Gasteiger partial charge in [-0.25, -0.2) is 0 Å². The lowest BCUT2D eigenvalue weighted by molar-refractivity contribution is 1.42. The molecule has 0 aliphatic rings. The van der Waals surface area contributed by atoms with Crippen LogP contribution in [0.25, 0.3) is 43.9 Å². The largest absolute Gasteiger partial charge is 0.256 e. The van der Waals surface area contributed by atoms with Crippen molar-refractivity contribution in [3.8, 4) is 22.3 Å². The van der Waals surface area contributed by atoms with Crippen molar-refractivity contribution in [1.29, 1.82) is 0 Å². The molecule has 0 fully saturated rings. The Kier molecular flexibility index (Phi) is 3.50. The van der Waals surface area contributed by atoms with Gasteiger partial charge in [0.05, 0.1) is 5.52 Å². The Morgan fingerprint density at radius 2 is 1.04 bits per heavy atom. The van der Waals surface area contributed by atoms with E-state index in [9.17, 15) is 0 Å². The van der Waals surface area contributed by atoms with E-state index in [1.807, 2.05) is 6.20 Å². The minimum absolute atomic E-state index is 1.06. The average molecular weight is 331 g/mol. The first-order chi connectivity index (χ1) is 12.9. The molecule has 0 aliphatic heterocycles. The third-order valence-electron chi connectivity index (χ3n) is 4.94. The molecule has 0 aliphatic carbocycles. The van der Waals surface area contributed by atoms with Gasteiger partial charge in [-0.15, -0.1) is 0 Å². The van der Waals surface area contributed by atoms with E-state index in [1.165, 1.54) is 38.4 Å². The highest BCUT2D eigenvalue weighted by Gasteiger charge is 2.10. The van der Waals surface area contributed by atoms with Gasteiger partial charge >= 0.3 is 0 Å². The van der Waals surface area contributed by atoms with E-state index >= 15 is 0 Å². The molecule has 0 saturated carbocycles. The molecule has 1 heteroatoms. The Bertz CT molecular complexity index is 1110. The summed E-state index contributed by atoms with van der Waals surface area (Å²) in [5, 5.41) is 3.63. The zero-order valence-electron chi connectivity index (χ0n) is 14.3. The third kappa shape index (κ3) is 2.37. The second-order valence-electron chi connectivity index (χ2n) is 6.45. The molecular weight excluding hydrogens is 314 g/mol. The average Bonchev–Trinajstić information content (AvgIpc) is 2.74. The number of rotatable bonds is 2. The number of hydrogen-bond acceptors (Lipinski definition) is 1. The van der Waals surface area contributed by atoms with Crippen LogP contribution in [-0.4, -0.2) is 4.98 Å². The molecule has 0 atom stereocenters. The monoisotopic (exact) mass is 331 g/mol. The van der Waals surface area contributed by atoms with E-state index in [-0.39, 0.29) is 0 Å². The summed E-state index contributed by atoms with van der Waals surface area (Å²) in [7, 11) is 0. The lowest BCUT2D eigenvalue weighted by atomic mass is 9.94. The minimum Gasteiger partial charge on any atom is -0.256 e. The molecule has 5 rings (SSSR count). The molecule has 0 amide bonds. The third-order valence-corrected chi connectivity index (χ3v) is 4.94. The van der Waals surface area contributed by atoms with E-state index in [1.54, 1.807) is 0 Å². The maximum absolute atomic E-state index is 4.73. The molecule has 0 unspecified atom stereocenters. The highest BCUT2D eigenvalue weighted by atomic mass is 14.6. The predicted molar refractivity (Wildman–Crippen MR) is 110 cm³/mol. The maximum atomic E-state index is 4.73. The van der Waals surface area contributed by atoms with Crippen LogP contribution in [0.5, 0.6) is 0 Å². The van der Waals surface area contributed by atoms with Crippen LogP contribution in [0.15, 0.2) is 103 Å². The fourth-order valence-corrected chi connectivity index (χ4v) is 3.71. The van der Waals surface area contributed by atoms with Crippen LogP contribution in [0.1, 0.15) is 0 Å². The minimum atomic E-state index is 1.06. The van der Waals surface area contributed by atoms with E-state index in [0.717, 1.165) is 5.52 Å². The highest BCUT2D eigenvalue weighted by Crippen LogP contribution is 2.35. The zero-order valence-corrected chi connectivity index (χ0v) is 14.3. The van der Waals surface area contributed by atoms with Gasteiger partial charge in [0.25, 0.3) is 0 Å². The summed E-state index contributed by atoms with van der Waals surface area (Å²) in [6.45, 7) is 0. The van der Waals surface area contributed by atoms with Gasteiger partial charge in [0.15, 0.2) is 0 Å². The molecule has 0 N–H and O–H groups in total. The molecule has 1 nitrogen and oxygen atoms in total. The first-order valence-corrected chi connectivity index (χ1v) is 8.83. The van der Waals surface area contributed by atoms with E-state index in [4.69, 9.17) is 4.98 Å². The van der Waals surface area contributed by atoms with Gasteiger partial charge in [-0.1, -0.05) is 91.0 Å². The normalized spacial score (nSPS) is 11.1. The van der Waals surface area contributed by atoms with Crippen molar-refractivity contribution in [2.45, 2.75) is 0 Å². The van der Waals surface area contributed by atoms with Crippen molar-refractivity contribution in [2.75, 3.05) is 0 Å². The topological polar surface area (TPSA) is 12.9 Å². The molecular formula is C25H17N. The molecule has 5 aromatic rings. The van der Waals surface area contributed by atoms with Crippen LogP contribution in [0.4, 0.5) is 0 Å². The molecule has 0 bridgehead atoms. The standard InChI is InChI=1S/C25H17N/c1-3-8-18(9-4-1)20-12-7-13-23-22(20)14-15-24-21(16-17-26-25(23)24)19-10-5-2-6-11-19/h1-17H. The van der Waals surface area contributed by atoms with Crippen LogP contribution < -0.4 is 0 Å². The van der Waals surface area contributed by atoms with Gasteiger partial charge in [-0.05, 0) is 33.7 Å². The molecule has 0 saturated heterocycles. The van der Waals surface area contributed by atoms with Gasteiger partial charge in [-0.2, -0.15) is 0 Å². The Hall–Kier alpha value is -3.45. The van der Waals surface area contributed by atoms with Crippen LogP contribution in [0.2, 0.25) is 0 Å². The summed E-state index contributed by atoms with van der Waals surface area (Å²) in [6.07, 6.45) is 1.92. The Morgan fingerprint density at radius 1 is 0.423 bits per heavy atom. The lowest BCUT2D eigenvalue weighted by Crippen LogP contribution is -1.88. The summed E-state index contributed by atoms with van der Waals surface area (Å²) < 4.78 is 0. The fraction of sp³-hybridized carbons (Fsp3) is 0. The van der Waals surface area contributed by atoms with Crippen LogP contribution >= 0.6 is 0 Å². The highest BCUT2D eigenvalue weighted by molar-refractivity contribution is 6.13. The Morgan fingerprint density at radius 3 is 1.73 bits per heavy atom. The van der Waals surface area contributed by atoms with Gasteiger partial charge < -0.3 is 0 Å². The first kappa shape index (κ1) is 14.9. The first-order valence-electron chi connectivity index (χ1n) is 8.83. The maximum Gasteiger partial charge on any atom is 0.0786 e. The molecule has 1 aromatic heterocycles. The number of pyridine rings is 1. The molecule has 4 aromatic carbocycles. The van der Waals surface area contributed by atoms with E-state index < -0.39 is 0 Å². The van der Waals surface area contributed by atoms with Crippen molar-refractivity contribution in [1.82, 2.24) is 4.98 Å². The number of hydrogen-bond donors (Lipinski definition) is 0. The molecule has 0 spiro atoms. The quantitative estimate of drug-likeness (QED) is 0.327. The number of fused-ring (bicyclic) bond motifs is 3. The predicted octanol–water partition coefficient (Wildman–Crippen LogP) is 6.72. The van der Waals surface area contributed by atoms with Crippen molar-refractivity contribution >= 4 is 21.7 Å². The number of benzene rings is 4. The SMILES string of the molecule is c1ccc(-c2cccc3c2ccc2c(-c4ccccc4)ccnc23)cc1. The number of aromatic nitrogens is 1. The van der Waals surface area contributed by atoms with Crippen LogP contribution in [-0.2, 0) is 0 Å². The Labute approximate surface area is 152 Å². The summed E-state index contributed by atoms with van der Waals surface area (Å²) in [6, 6.07) is 34.1. The zero-order chi connectivity index (χ0) is 17.3. The van der Waals surface area contributed by atoms with Gasteiger partial charge in [0, 0.05) is 17.0 Å². The Balaban J connectivity index is 1.82. The van der Waals surface area contributed by atoms with Crippen LogP contribution in [0, 0.1) is 0 Å². The van der Waals surface area contributed by atoms with Gasteiger partial charge in [0.2, 0.25) is 0 Å². The van der Waals surface area contributed by atoms with E-state index in [2.05, 4.69) is 97.1 Å². The van der Waals surface area contributed by atoms with Crippen LogP contribution in [0.3, 0.4) is 0 Å². The van der Waals surface area contributed by atoms with Crippen molar-refractivity contribution in [3.05, 3.63) is 103 Å². The summed E-state index contributed by atoms with van der Waals surface area (Å²) in [5.41, 5.74) is 5.98. The summed E-state index contributed by atoms with van der Waals surface area (Å²) >= 11 is 0. The summed E-state index contributed by atoms with van der Waals surface area (Å²) in [4.78, 5) is 4.73. The second kappa shape index (κ2) is 6.12. The molecule has 26 heavy (non-hydrogen) atoms. The fourth-order valence-electron chi connectivity index (χ4n) is 3.71. The molecule has 122 valence electrons. The van der Waals surface area contributed by atoms with Crippen molar-refractivity contribution in [3.63, 3.8) is 0 Å². The smallest absolute Gasteiger partial charge is 0.0786 e. The van der Waals surface area contributed by atoms with E-state index in [0.29, 0.717) is 0 Å². The molecule has 0 radical (unpaired) electrons. The molecule has 1 heterocycles. The van der Waals surface area contributed by atoms with Gasteiger partial charge in [0.1, 0.15) is 0 Å². The number of nitrogens with zero attached hydrogens (tertiary/aromatic N) is 1. The lowest BCUT2D eigenvalue weighted by Gasteiger charge is -2.11. The second-order valence-corrected chi connectivity index (χ2v) is 6.45. The summed E-state index contributed by atoms with van der Waals surface area (Å²) in [5.74, 6) is 0. The van der Waals surface area contributed by atoms with Crippen molar-refractivity contribution in [2.24, 2.45) is 0 Å². The van der Waals surface area contributed by atoms with Gasteiger partial charge in [-0.3, -0.25) is 4.98 Å².